The fourth-order valence-electron chi connectivity index (χ4n) is 0.950. The molecule has 0 saturated carbocycles. The lowest BCUT2D eigenvalue weighted by molar-refractivity contribution is 1.20. The van der Waals surface area contributed by atoms with Crippen molar-refractivity contribution in [3.05, 3.63) is 30.5 Å². The van der Waals surface area contributed by atoms with Gasteiger partial charge in [-0.3, -0.25) is 0 Å². The van der Waals surface area contributed by atoms with Crippen molar-refractivity contribution in [3.63, 3.8) is 0 Å². The summed E-state index contributed by atoms with van der Waals surface area (Å²) in [5.74, 6) is 0.865. The summed E-state index contributed by atoms with van der Waals surface area (Å²) in [5, 5.41) is 3.11. The second-order valence-electron chi connectivity index (χ2n) is 2.60. The first-order valence-electron chi connectivity index (χ1n) is 3.81. The number of hydrogen-bond donors (Lipinski definition) is 2. The third-order valence-corrected chi connectivity index (χ3v) is 1.51. The molecule has 1 aromatic heterocycles. The van der Waals surface area contributed by atoms with Crippen LogP contribution in [0.15, 0.2) is 24.9 Å². The van der Waals surface area contributed by atoms with E-state index in [0.717, 1.165) is 17.9 Å². The number of nitrogens with one attached hydrogen (secondary N) is 1. The molecule has 0 fully saturated rings. The van der Waals surface area contributed by atoms with Crippen LogP contribution in [0.3, 0.4) is 0 Å². The van der Waals surface area contributed by atoms with E-state index in [1.165, 1.54) is 0 Å². The first-order chi connectivity index (χ1) is 5.74. The maximum Gasteiger partial charge on any atom is 0.129 e. The Balaban J connectivity index is 2.78. The number of aryl methyl sites for hydroxylation is 1. The minimum Gasteiger partial charge on any atom is -0.397 e. The summed E-state index contributed by atoms with van der Waals surface area (Å²) in [4.78, 5) is 4.13. The summed E-state index contributed by atoms with van der Waals surface area (Å²) in [6, 6.07) is 1.89. The van der Waals surface area contributed by atoms with Gasteiger partial charge in [-0.2, -0.15) is 0 Å². The number of pyridine rings is 1. The van der Waals surface area contributed by atoms with Crippen LogP contribution in [0.25, 0.3) is 0 Å². The monoisotopic (exact) mass is 163 g/mol. The molecule has 1 heterocycles. The van der Waals surface area contributed by atoms with Crippen molar-refractivity contribution in [2.45, 2.75) is 6.92 Å². The van der Waals surface area contributed by atoms with E-state index in [0.29, 0.717) is 5.69 Å². The Bertz CT molecular complexity index is 281. The average Bonchev–Trinajstić information content (AvgIpc) is 2.03. The van der Waals surface area contributed by atoms with E-state index in [9.17, 15) is 0 Å². The molecule has 0 amide bonds. The zero-order valence-corrected chi connectivity index (χ0v) is 7.17. The number of nitrogens with two attached hydrogens (primary N) is 1. The van der Waals surface area contributed by atoms with Crippen LogP contribution in [0.4, 0.5) is 11.5 Å². The molecule has 0 radical (unpaired) electrons. The van der Waals surface area contributed by atoms with E-state index >= 15 is 0 Å². The van der Waals surface area contributed by atoms with Crippen LogP contribution in [0, 0.1) is 6.92 Å². The lowest BCUT2D eigenvalue weighted by Gasteiger charge is -2.05. The quantitative estimate of drug-likeness (QED) is 0.665. The van der Waals surface area contributed by atoms with Gasteiger partial charge in [0.25, 0.3) is 0 Å². The molecule has 0 bridgehead atoms. The zero-order chi connectivity index (χ0) is 8.97. The smallest absolute Gasteiger partial charge is 0.129 e. The van der Waals surface area contributed by atoms with Gasteiger partial charge in [0.05, 0.1) is 11.9 Å². The van der Waals surface area contributed by atoms with E-state index in [-0.39, 0.29) is 0 Å². The molecule has 0 unspecified atom stereocenters. The second-order valence-corrected chi connectivity index (χ2v) is 2.60. The van der Waals surface area contributed by atoms with Crippen molar-refractivity contribution in [1.29, 1.82) is 0 Å². The molecule has 1 rings (SSSR count). The summed E-state index contributed by atoms with van der Waals surface area (Å²) in [5.41, 5.74) is 7.29. The van der Waals surface area contributed by atoms with Gasteiger partial charge >= 0.3 is 0 Å². The van der Waals surface area contributed by atoms with Gasteiger partial charge in [0.1, 0.15) is 5.82 Å². The van der Waals surface area contributed by atoms with Crippen LogP contribution in [-0.2, 0) is 0 Å². The Hall–Kier alpha value is -1.51. The molecule has 0 spiro atoms. The molecule has 12 heavy (non-hydrogen) atoms. The van der Waals surface area contributed by atoms with Crippen LogP contribution in [0.1, 0.15) is 5.56 Å². The van der Waals surface area contributed by atoms with Crippen molar-refractivity contribution in [2.75, 3.05) is 17.6 Å². The Morgan fingerprint density at radius 2 is 2.50 bits per heavy atom. The highest BCUT2D eigenvalue weighted by atomic mass is 15.0. The molecule has 3 N–H and O–H groups in total. The summed E-state index contributed by atoms with van der Waals surface area (Å²) in [6.45, 7) is 6.30. The van der Waals surface area contributed by atoms with E-state index in [2.05, 4.69) is 16.9 Å². The van der Waals surface area contributed by atoms with Gasteiger partial charge in [-0.1, -0.05) is 6.08 Å². The first-order valence-corrected chi connectivity index (χ1v) is 3.81. The van der Waals surface area contributed by atoms with Gasteiger partial charge in [-0.15, -0.1) is 6.58 Å². The van der Waals surface area contributed by atoms with Gasteiger partial charge < -0.3 is 11.1 Å². The predicted molar refractivity (Wildman–Crippen MR) is 52.1 cm³/mol. The Morgan fingerprint density at radius 1 is 1.75 bits per heavy atom. The van der Waals surface area contributed by atoms with E-state index in [4.69, 9.17) is 5.73 Å². The van der Waals surface area contributed by atoms with Crippen LogP contribution in [0.5, 0.6) is 0 Å². The number of nitrogen functional groups attached to an aromatic ring is 1. The number of rotatable bonds is 3. The van der Waals surface area contributed by atoms with Crippen LogP contribution in [-0.4, -0.2) is 11.5 Å². The molecular formula is C9H13N3. The zero-order valence-electron chi connectivity index (χ0n) is 7.17. The summed E-state index contributed by atoms with van der Waals surface area (Å²) in [7, 11) is 0. The molecule has 64 valence electrons. The molecule has 1 aromatic rings. The van der Waals surface area contributed by atoms with Crippen molar-refractivity contribution >= 4 is 11.5 Å². The summed E-state index contributed by atoms with van der Waals surface area (Å²) in [6.07, 6.45) is 3.43. The maximum absolute atomic E-state index is 5.55. The van der Waals surface area contributed by atoms with E-state index < -0.39 is 0 Å². The van der Waals surface area contributed by atoms with Gasteiger partial charge in [0.2, 0.25) is 0 Å². The minimum absolute atomic E-state index is 0.691. The molecule has 0 aromatic carbocycles. The van der Waals surface area contributed by atoms with Crippen molar-refractivity contribution in [3.8, 4) is 0 Å². The van der Waals surface area contributed by atoms with Gasteiger partial charge in [0, 0.05) is 6.54 Å². The van der Waals surface area contributed by atoms with Crippen molar-refractivity contribution < 1.29 is 0 Å². The lowest BCUT2D eigenvalue weighted by Crippen LogP contribution is -2.02. The maximum atomic E-state index is 5.55. The van der Waals surface area contributed by atoms with Crippen LogP contribution < -0.4 is 11.1 Å². The molecule has 0 saturated heterocycles. The topological polar surface area (TPSA) is 50.9 Å². The van der Waals surface area contributed by atoms with Gasteiger partial charge in [0.15, 0.2) is 0 Å². The highest BCUT2D eigenvalue weighted by Gasteiger charge is 1.96. The number of anilines is 2. The molecule has 0 atom stereocenters. The third-order valence-electron chi connectivity index (χ3n) is 1.51. The Morgan fingerprint density at radius 3 is 3.08 bits per heavy atom. The minimum atomic E-state index is 0.691. The number of hydrogen-bond acceptors (Lipinski definition) is 3. The standard InChI is InChI=1S/C9H13N3/c1-3-4-11-9-7(2)5-8(10)6-12-9/h3,5-6H,1,4,10H2,2H3,(H,11,12). The normalized spacial score (nSPS) is 9.42. The molecule has 3 nitrogen and oxygen atoms in total. The Labute approximate surface area is 72.3 Å². The van der Waals surface area contributed by atoms with Crippen LogP contribution >= 0.6 is 0 Å². The molecule has 0 aliphatic carbocycles. The number of nitrogens with zero attached hydrogens (tertiary/aromatic N) is 1. The molecule has 0 aliphatic heterocycles. The predicted octanol–water partition coefficient (Wildman–Crippen LogP) is 1.57. The summed E-state index contributed by atoms with van der Waals surface area (Å²) >= 11 is 0. The van der Waals surface area contributed by atoms with Gasteiger partial charge in [-0.25, -0.2) is 4.98 Å². The third kappa shape index (κ3) is 1.99. The largest absolute Gasteiger partial charge is 0.397 e. The Kier molecular flexibility index (Phi) is 2.69. The highest BCUT2D eigenvalue weighted by Crippen LogP contribution is 2.12. The van der Waals surface area contributed by atoms with Gasteiger partial charge in [-0.05, 0) is 18.6 Å². The molecule has 3 heteroatoms. The van der Waals surface area contributed by atoms with Crippen molar-refractivity contribution in [1.82, 2.24) is 4.98 Å². The fourth-order valence-corrected chi connectivity index (χ4v) is 0.950. The average molecular weight is 163 g/mol. The summed E-state index contributed by atoms with van der Waals surface area (Å²) < 4.78 is 0. The van der Waals surface area contributed by atoms with Crippen LogP contribution in [0.2, 0.25) is 0 Å². The van der Waals surface area contributed by atoms with E-state index in [1.54, 1.807) is 12.3 Å². The highest BCUT2D eigenvalue weighted by molar-refractivity contribution is 5.50. The second kappa shape index (κ2) is 3.76. The van der Waals surface area contributed by atoms with E-state index in [1.807, 2.05) is 13.0 Å². The molecule has 0 aliphatic rings. The fraction of sp³-hybridized carbons (Fsp3) is 0.222. The lowest BCUT2D eigenvalue weighted by atomic mass is 10.2. The SMILES string of the molecule is C=CCNc1ncc(N)cc1C. The first kappa shape index (κ1) is 8.59. The molecular weight excluding hydrogens is 150 g/mol. The number of aromatic nitrogens is 1. The van der Waals surface area contributed by atoms with Crippen molar-refractivity contribution in [2.24, 2.45) is 0 Å².